The molecule has 7 nitrogen and oxygen atoms in total. The van der Waals surface area contributed by atoms with Gasteiger partial charge in [0.15, 0.2) is 0 Å². The number of hydrogen-bond donors (Lipinski definition) is 1. The third kappa shape index (κ3) is 3.94. The van der Waals surface area contributed by atoms with Crippen molar-refractivity contribution in [3.63, 3.8) is 0 Å². The second-order valence-electron chi connectivity index (χ2n) is 5.56. The lowest BCUT2D eigenvalue weighted by atomic mass is 10.1. The first kappa shape index (κ1) is 16.7. The first-order valence-electron chi connectivity index (χ1n) is 7.33. The van der Waals surface area contributed by atoms with Gasteiger partial charge in [0.25, 0.3) is 0 Å². The van der Waals surface area contributed by atoms with Crippen LogP contribution in [0.5, 0.6) is 0 Å². The van der Waals surface area contributed by atoms with Gasteiger partial charge < -0.3 is 10.0 Å². The monoisotopic (exact) mass is 316 g/mol. The van der Waals surface area contributed by atoms with Gasteiger partial charge in [-0.05, 0) is 19.1 Å². The standard InChI is InChI=1S/C16H20N4O3/c1-11(16(22)23)10-19(3)15(21)9-14-12(2)20(18-17-14)13-7-5-4-6-8-13/h4-8,11H,9-10H2,1-3H3,(H,22,23). The number of carbonyl (C=O) groups excluding carboxylic acids is 1. The number of hydrogen-bond acceptors (Lipinski definition) is 4. The van der Waals surface area contributed by atoms with Crippen LogP contribution >= 0.6 is 0 Å². The summed E-state index contributed by atoms with van der Waals surface area (Å²) in [6.45, 7) is 3.60. The molecular weight excluding hydrogens is 296 g/mol. The highest BCUT2D eigenvalue weighted by Crippen LogP contribution is 2.13. The Balaban J connectivity index is 2.08. The van der Waals surface area contributed by atoms with E-state index >= 15 is 0 Å². The molecule has 23 heavy (non-hydrogen) atoms. The maximum Gasteiger partial charge on any atom is 0.308 e. The second kappa shape index (κ2) is 7.04. The summed E-state index contributed by atoms with van der Waals surface area (Å²) < 4.78 is 1.68. The van der Waals surface area contributed by atoms with Crippen molar-refractivity contribution in [2.45, 2.75) is 20.3 Å². The summed E-state index contributed by atoms with van der Waals surface area (Å²) in [7, 11) is 1.60. The molecule has 0 saturated carbocycles. The van der Waals surface area contributed by atoms with E-state index in [-0.39, 0.29) is 18.9 Å². The van der Waals surface area contributed by atoms with Crippen molar-refractivity contribution in [3.05, 3.63) is 41.7 Å². The van der Waals surface area contributed by atoms with E-state index in [2.05, 4.69) is 10.3 Å². The van der Waals surface area contributed by atoms with Crippen LogP contribution in [0.15, 0.2) is 30.3 Å². The summed E-state index contributed by atoms with van der Waals surface area (Å²) in [5.74, 6) is -1.71. The lowest BCUT2D eigenvalue weighted by Gasteiger charge is -2.19. The molecule has 1 atom stereocenters. The van der Waals surface area contributed by atoms with Crippen LogP contribution in [0.3, 0.4) is 0 Å². The van der Waals surface area contributed by atoms with Crippen LogP contribution in [0.1, 0.15) is 18.3 Å². The number of rotatable bonds is 6. The van der Waals surface area contributed by atoms with Crippen molar-refractivity contribution in [2.75, 3.05) is 13.6 Å². The van der Waals surface area contributed by atoms with Gasteiger partial charge >= 0.3 is 5.97 Å². The molecule has 1 unspecified atom stereocenters. The zero-order valence-corrected chi connectivity index (χ0v) is 13.4. The fourth-order valence-corrected chi connectivity index (χ4v) is 2.21. The Morgan fingerprint density at radius 1 is 1.30 bits per heavy atom. The van der Waals surface area contributed by atoms with Crippen molar-refractivity contribution < 1.29 is 14.7 Å². The van der Waals surface area contributed by atoms with Gasteiger partial charge in [-0.1, -0.05) is 30.3 Å². The van der Waals surface area contributed by atoms with E-state index in [1.165, 1.54) is 4.90 Å². The maximum atomic E-state index is 12.2. The number of nitrogens with zero attached hydrogens (tertiary/aromatic N) is 4. The van der Waals surface area contributed by atoms with Crippen molar-refractivity contribution in [1.29, 1.82) is 0 Å². The van der Waals surface area contributed by atoms with Crippen LogP contribution in [0.2, 0.25) is 0 Å². The largest absolute Gasteiger partial charge is 0.481 e. The highest BCUT2D eigenvalue weighted by molar-refractivity contribution is 5.79. The minimum Gasteiger partial charge on any atom is -0.481 e. The highest BCUT2D eigenvalue weighted by atomic mass is 16.4. The normalized spacial score (nSPS) is 12.0. The molecule has 1 heterocycles. The van der Waals surface area contributed by atoms with Gasteiger partial charge in [0.1, 0.15) is 0 Å². The van der Waals surface area contributed by atoms with E-state index in [9.17, 15) is 9.59 Å². The van der Waals surface area contributed by atoms with Gasteiger partial charge in [0.2, 0.25) is 5.91 Å². The fraction of sp³-hybridized carbons (Fsp3) is 0.375. The lowest BCUT2D eigenvalue weighted by Crippen LogP contribution is -2.34. The van der Waals surface area contributed by atoms with Crippen molar-refractivity contribution in [2.24, 2.45) is 5.92 Å². The van der Waals surface area contributed by atoms with E-state index in [0.717, 1.165) is 11.4 Å². The van der Waals surface area contributed by atoms with E-state index in [1.54, 1.807) is 18.7 Å². The number of carboxylic acid groups (broad SMARTS) is 1. The van der Waals surface area contributed by atoms with E-state index in [4.69, 9.17) is 5.11 Å². The molecule has 1 amide bonds. The molecular formula is C16H20N4O3. The Hall–Kier alpha value is -2.70. The summed E-state index contributed by atoms with van der Waals surface area (Å²) in [5.41, 5.74) is 2.27. The van der Waals surface area contributed by atoms with Gasteiger partial charge in [0, 0.05) is 13.6 Å². The number of carbonyl (C=O) groups is 2. The van der Waals surface area contributed by atoms with Crippen LogP contribution < -0.4 is 0 Å². The quantitative estimate of drug-likeness (QED) is 0.867. The number of aromatic nitrogens is 3. The Morgan fingerprint density at radius 2 is 1.96 bits per heavy atom. The van der Waals surface area contributed by atoms with Crippen molar-refractivity contribution in [1.82, 2.24) is 19.9 Å². The lowest BCUT2D eigenvalue weighted by molar-refractivity contribution is -0.142. The molecule has 0 fully saturated rings. The van der Waals surface area contributed by atoms with E-state index in [1.807, 2.05) is 37.3 Å². The third-order valence-corrected chi connectivity index (χ3v) is 3.70. The number of para-hydroxylation sites is 1. The zero-order chi connectivity index (χ0) is 17.0. The highest BCUT2D eigenvalue weighted by Gasteiger charge is 2.20. The molecule has 1 aromatic carbocycles. The van der Waals surface area contributed by atoms with Gasteiger partial charge in [0.05, 0.1) is 29.4 Å². The Bertz CT molecular complexity index is 697. The average molecular weight is 316 g/mol. The van der Waals surface area contributed by atoms with E-state index in [0.29, 0.717) is 5.69 Å². The molecule has 1 N–H and O–H groups in total. The molecule has 1 aromatic heterocycles. The molecule has 0 aliphatic rings. The van der Waals surface area contributed by atoms with Gasteiger partial charge in [-0.25, -0.2) is 4.68 Å². The first-order chi connectivity index (χ1) is 10.9. The predicted molar refractivity (Wildman–Crippen MR) is 84.2 cm³/mol. The summed E-state index contributed by atoms with van der Waals surface area (Å²) >= 11 is 0. The van der Waals surface area contributed by atoms with Gasteiger partial charge in [-0.15, -0.1) is 5.10 Å². The van der Waals surface area contributed by atoms with Crippen LogP contribution in [-0.4, -0.2) is 50.5 Å². The molecule has 0 saturated heterocycles. The minimum absolute atomic E-state index is 0.0987. The number of likely N-dealkylation sites (N-methyl/N-ethyl adjacent to an activating group) is 1. The Labute approximate surface area is 134 Å². The molecule has 0 bridgehead atoms. The molecule has 2 aromatic rings. The molecule has 0 spiro atoms. The molecule has 7 heteroatoms. The molecule has 0 aliphatic carbocycles. The predicted octanol–water partition coefficient (Wildman–Crippen LogP) is 1.30. The summed E-state index contributed by atoms with van der Waals surface area (Å²) in [4.78, 5) is 24.5. The number of carboxylic acids is 1. The van der Waals surface area contributed by atoms with Crippen LogP contribution in [0.4, 0.5) is 0 Å². The molecule has 0 aliphatic heterocycles. The topological polar surface area (TPSA) is 88.3 Å². The molecule has 122 valence electrons. The average Bonchev–Trinajstić information content (AvgIpc) is 2.89. The Morgan fingerprint density at radius 3 is 2.57 bits per heavy atom. The van der Waals surface area contributed by atoms with Crippen LogP contribution in [-0.2, 0) is 16.0 Å². The summed E-state index contributed by atoms with van der Waals surface area (Å²) in [6.07, 6.45) is 0.0987. The van der Waals surface area contributed by atoms with Crippen molar-refractivity contribution >= 4 is 11.9 Å². The number of amides is 1. The van der Waals surface area contributed by atoms with Crippen LogP contribution in [0.25, 0.3) is 5.69 Å². The number of benzene rings is 1. The third-order valence-electron chi connectivity index (χ3n) is 3.70. The Kier molecular flexibility index (Phi) is 5.10. The first-order valence-corrected chi connectivity index (χ1v) is 7.33. The molecule has 2 rings (SSSR count). The summed E-state index contributed by atoms with van der Waals surface area (Å²) in [5, 5.41) is 17.1. The van der Waals surface area contributed by atoms with Crippen molar-refractivity contribution in [3.8, 4) is 5.69 Å². The fourth-order valence-electron chi connectivity index (χ4n) is 2.21. The second-order valence-corrected chi connectivity index (χ2v) is 5.56. The minimum atomic E-state index is -0.921. The SMILES string of the molecule is Cc1c(CC(=O)N(C)CC(C)C(=O)O)nnn1-c1ccccc1. The van der Waals surface area contributed by atoms with Gasteiger partial charge in [-0.3, -0.25) is 9.59 Å². The van der Waals surface area contributed by atoms with Crippen LogP contribution in [0, 0.1) is 12.8 Å². The molecule has 0 radical (unpaired) electrons. The van der Waals surface area contributed by atoms with E-state index < -0.39 is 11.9 Å². The number of aliphatic carboxylic acids is 1. The van der Waals surface area contributed by atoms with Gasteiger partial charge in [-0.2, -0.15) is 0 Å². The zero-order valence-electron chi connectivity index (χ0n) is 13.4. The summed E-state index contributed by atoms with van der Waals surface area (Å²) in [6, 6.07) is 9.55. The maximum absolute atomic E-state index is 12.2. The smallest absolute Gasteiger partial charge is 0.308 e.